The van der Waals surface area contributed by atoms with Gasteiger partial charge >= 0.3 is 19.8 Å². The number of carbonyl (C=O) groups excluding carboxylic acids is 2. The van der Waals surface area contributed by atoms with Gasteiger partial charge in [0, 0.05) is 19.4 Å². The monoisotopic (exact) mass is 836 g/mol. The molecular weight excluding hydrogens is 750 g/mol. The minimum atomic E-state index is -4.36. The van der Waals surface area contributed by atoms with Crippen molar-refractivity contribution in [3.05, 3.63) is 60.8 Å². The number of esters is 2. The molecule has 0 amide bonds. The van der Waals surface area contributed by atoms with Crippen molar-refractivity contribution < 1.29 is 37.6 Å². The van der Waals surface area contributed by atoms with Crippen LogP contribution in [0.25, 0.3) is 0 Å². The Labute approximate surface area is 355 Å². The van der Waals surface area contributed by atoms with Crippen LogP contribution in [-0.4, -0.2) is 56.3 Å². The van der Waals surface area contributed by atoms with Gasteiger partial charge in [-0.15, -0.1) is 0 Å². The van der Waals surface area contributed by atoms with Gasteiger partial charge in [-0.2, -0.15) is 0 Å². The van der Waals surface area contributed by atoms with E-state index in [2.05, 4.69) is 79.9 Å². The molecule has 0 aliphatic heterocycles. The highest BCUT2D eigenvalue weighted by Crippen LogP contribution is 2.43. The molecule has 0 aromatic carbocycles. The lowest BCUT2D eigenvalue weighted by atomic mass is 10.1. The van der Waals surface area contributed by atoms with Gasteiger partial charge in [0.25, 0.3) is 0 Å². The van der Waals surface area contributed by atoms with Crippen LogP contribution in [-0.2, 0) is 32.7 Å². The summed E-state index contributed by atoms with van der Waals surface area (Å²) in [5.74, 6) is -0.849. The minimum absolute atomic E-state index is 0.0263. The van der Waals surface area contributed by atoms with Crippen molar-refractivity contribution >= 4 is 19.8 Å². The van der Waals surface area contributed by atoms with Crippen LogP contribution in [0.1, 0.15) is 194 Å². The first-order chi connectivity index (χ1) is 28.3. The molecular formula is C48H86NO8P. The van der Waals surface area contributed by atoms with Gasteiger partial charge in [-0.05, 0) is 90.5 Å². The van der Waals surface area contributed by atoms with Crippen molar-refractivity contribution in [2.75, 3.05) is 33.4 Å². The van der Waals surface area contributed by atoms with Gasteiger partial charge in [0.05, 0.1) is 13.2 Å². The van der Waals surface area contributed by atoms with Gasteiger partial charge in [0.2, 0.25) is 0 Å². The van der Waals surface area contributed by atoms with Gasteiger partial charge in [-0.1, -0.05) is 158 Å². The van der Waals surface area contributed by atoms with E-state index in [0.717, 1.165) is 70.6 Å². The molecule has 2 unspecified atom stereocenters. The Hall–Kier alpha value is -2.29. The molecule has 9 nitrogen and oxygen atoms in total. The van der Waals surface area contributed by atoms with Crippen molar-refractivity contribution in [3.63, 3.8) is 0 Å². The number of allylic oxidation sites excluding steroid dienone is 10. The molecule has 0 rings (SSSR count). The van der Waals surface area contributed by atoms with E-state index in [4.69, 9.17) is 18.5 Å². The van der Waals surface area contributed by atoms with Crippen LogP contribution in [0.5, 0.6) is 0 Å². The number of rotatable bonds is 43. The quantitative estimate of drug-likeness (QED) is 0.0268. The molecule has 2 atom stereocenters. The summed E-state index contributed by atoms with van der Waals surface area (Å²) in [5, 5.41) is 2.82. The van der Waals surface area contributed by atoms with Gasteiger partial charge in [-0.3, -0.25) is 18.6 Å². The first-order valence-electron chi connectivity index (χ1n) is 23.2. The number of likely N-dealkylation sites (N-methyl/N-ethyl adjacent to an activating group) is 1. The van der Waals surface area contributed by atoms with E-state index in [-0.39, 0.29) is 32.0 Å². The van der Waals surface area contributed by atoms with Crippen LogP contribution < -0.4 is 5.32 Å². The van der Waals surface area contributed by atoms with Crippen LogP contribution in [0.15, 0.2) is 60.8 Å². The summed E-state index contributed by atoms with van der Waals surface area (Å²) in [6, 6.07) is 0. The third-order valence-electron chi connectivity index (χ3n) is 9.61. The molecule has 0 fully saturated rings. The molecule has 10 heteroatoms. The lowest BCUT2D eigenvalue weighted by Crippen LogP contribution is -2.29. The highest BCUT2D eigenvalue weighted by atomic mass is 31.2. The molecule has 0 aliphatic rings. The summed E-state index contributed by atoms with van der Waals surface area (Å²) in [7, 11) is -2.67. The van der Waals surface area contributed by atoms with E-state index in [1.807, 2.05) is 0 Å². The average Bonchev–Trinajstić information content (AvgIpc) is 3.21. The van der Waals surface area contributed by atoms with E-state index in [0.29, 0.717) is 13.0 Å². The normalized spacial score (nSPS) is 13.8. The van der Waals surface area contributed by atoms with Crippen molar-refractivity contribution in [3.8, 4) is 0 Å². The molecule has 336 valence electrons. The molecule has 0 heterocycles. The number of unbranched alkanes of at least 4 members (excludes halogenated alkanes) is 19. The molecule has 0 bridgehead atoms. The molecule has 2 N–H and O–H groups in total. The van der Waals surface area contributed by atoms with Crippen molar-refractivity contribution in [1.29, 1.82) is 0 Å². The van der Waals surface area contributed by atoms with Crippen LogP contribution in [0.3, 0.4) is 0 Å². The Balaban J connectivity index is 4.27. The van der Waals surface area contributed by atoms with Crippen LogP contribution in [0.4, 0.5) is 0 Å². The maximum atomic E-state index is 12.6. The SMILES string of the molecule is CCCCC/C=C\C/C=C\C/C=C\C/C=C\CCCCCC(=O)OC(COC(=O)CCCCCCCCC/C=C\CCCCCCCC)COP(=O)(O)OCCNC. The molecule has 0 saturated heterocycles. The van der Waals surface area contributed by atoms with Crippen LogP contribution in [0.2, 0.25) is 0 Å². The third-order valence-corrected chi connectivity index (χ3v) is 10.6. The average molecular weight is 836 g/mol. The Kier molecular flexibility index (Phi) is 42.5. The Morgan fingerprint density at radius 3 is 1.45 bits per heavy atom. The van der Waals surface area contributed by atoms with Gasteiger partial charge in [-0.25, -0.2) is 4.57 Å². The van der Waals surface area contributed by atoms with Crippen LogP contribution in [0, 0.1) is 0 Å². The molecule has 0 saturated carbocycles. The van der Waals surface area contributed by atoms with Crippen molar-refractivity contribution in [2.24, 2.45) is 0 Å². The number of phosphoric ester groups is 1. The summed E-state index contributed by atoms with van der Waals surface area (Å²) in [6.45, 7) is 4.15. The van der Waals surface area contributed by atoms with Crippen molar-refractivity contribution in [1.82, 2.24) is 5.32 Å². The summed E-state index contributed by atoms with van der Waals surface area (Å²) >= 11 is 0. The minimum Gasteiger partial charge on any atom is -0.462 e. The second kappa shape index (κ2) is 44.3. The van der Waals surface area contributed by atoms with Gasteiger partial charge in [0.15, 0.2) is 6.10 Å². The highest BCUT2D eigenvalue weighted by molar-refractivity contribution is 7.47. The maximum absolute atomic E-state index is 12.6. The number of ether oxygens (including phenoxy) is 2. The second-order valence-electron chi connectivity index (χ2n) is 15.2. The summed E-state index contributed by atoms with van der Waals surface area (Å²) in [4.78, 5) is 35.1. The van der Waals surface area contributed by atoms with Crippen molar-refractivity contribution in [2.45, 2.75) is 200 Å². The lowest BCUT2D eigenvalue weighted by molar-refractivity contribution is -0.161. The van der Waals surface area contributed by atoms with Crippen LogP contribution >= 0.6 is 7.82 Å². The molecule has 0 spiro atoms. The number of hydrogen-bond acceptors (Lipinski definition) is 8. The molecule has 0 aliphatic carbocycles. The fourth-order valence-corrected chi connectivity index (χ4v) is 6.81. The van der Waals surface area contributed by atoms with Gasteiger partial charge < -0.3 is 19.7 Å². The third kappa shape index (κ3) is 43.3. The molecule has 0 radical (unpaired) electrons. The molecule has 0 aromatic heterocycles. The Bertz CT molecular complexity index is 1130. The molecule has 58 heavy (non-hydrogen) atoms. The zero-order chi connectivity index (χ0) is 42.5. The fraction of sp³-hybridized carbons (Fsp3) is 0.750. The van der Waals surface area contributed by atoms with E-state index in [9.17, 15) is 19.0 Å². The number of hydrogen-bond donors (Lipinski definition) is 2. The number of carbonyl (C=O) groups is 2. The smallest absolute Gasteiger partial charge is 0.462 e. The topological polar surface area (TPSA) is 120 Å². The van der Waals surface area contributed by atoms with E-state index in [1.54, 1.807) is 7.05 Å². The first-order valence-corrected chi connectivity index (χ1v) is 24.7. The maximum Gasteiger partial charge on any atom is 0.472 e. The number of phosphoric acid groups is 1. The zero-order valence-electron chi connectivity index (χ0n) is 37.2. The summed E-state index contributed by atoms with van der Waals surface area (Å²) < 4.78 is 33.2. The van der Waals surface area contributed by atoms with E-state index in [1.165, 1.54) is 89.9 Å². The first kappa shape index (κ1) is 55.7. The van der Waals surface area contributed by atoms with E-state index < -0.39 is 26.5 Å². The Morgan fingerprint density at radius 1 is 0.534 bits per heavy atom. The zero-order valence-corrected chi connectivity index (χ0v) is 38.1. The summed E-state index contributed by atoms with van der Waals surface area (Å²) in [5.41, 5.74) is 0. The van der Waals surface area contributed by atoms with Gasteiger partial charge in [0.1, 0.15) is 6.61 Å². The number of nitrogens with one attached hydrogen (secondary N) is 1. The Morgan fingerprint density at radius 2 is 0.931 bits per heavy atom. The van der Waals surface area contributed by atoms with E-state index >= 15 is 0 Å². The summed E-state index contributed by atoms with van der Waals surface area (Å²) in [6.07, 6.45) is 51.2. The second-order valence-corrected chi connectivity index (χ2v) is 16.7. The predicted molar refractivity (Wildman–Crippen MR) is 243 cm³/mol. The standard InChI is InChI=1S/C48H86NO8P/c1-4-6-8-10-12-14-16-18-20-22-23-25-27-29-31-33-35-37-39-41-48(51)57-46(45-56-58(52,53)55-43-42-49-3)44-54-47(50)40-38-36-34-32-30-28-26-24-21-19-17-15-13-11-9-7-5-2/h12,14,18-21,23,25,29,31,46,49H,4-11,13,15-17,22,24,26-28,30,32-45H2,1-3H3,(H,52,53)/b14-12-,20-18-,21-19-,25-23-,31-29-. The molecule has 0 aromatic rings. The fourth-order valence-electron chi connectivity index (χ4n) is 6.06. The largest absolute Gasteiger partial charge is 0.472 e. The highest BCUT2D eigenvalue weighted by Gasteiger charge is 2.26. The lowest BCUT2D eigenvalue weighted by Gasteiger charge is -2.20. The predicted octanol–water partition coefficient (Wildman–Crippen LogP) is 13.5.